The van der Waals surface area contributed by atoms with Gasteiger partial charge in [-0.15, -0.1) is 0 Å². The number of Topliss-reactive ketones (excluding diaryl/α,β-unsaturated/α-hetero) is 2. The molecule has 0 saturated carbocycles. The third kappa shape index (κ3) is 7.17. The van der Waals surface area contributed by atoms with E-state index >= 15 is 0 Å². The fourth-order valence-corrected chi connectivity index (χ4v) is 3.80. The van der Waals surface area contributed by atoms with Crippen LogP contribution in [0, 0.1) is 11.3 Å². The van der Waals surface area contributed by atoms with Crippen molar-refractivity contribution in [2.45, 2.75) is 78.6 Å². The zero-order valence-electron chi connectivity index (χ0n) is 20.3. The van der Waals surface area contributed by atoms with Crippen molar-refractivity contribution < 1.29 is 28.6 Å². The van der Waals surface area contributed by atoms with Gasteiger partial charge < -0.3 is 19.0 Å². The van der Waals surface area contributed by atoms with Crippen LogP contribution in [0.1, 0.15) is 89.7 Å². The number of carbonyl (C=O) groups is 2. The number of hydrogen-bond acceptors (Lipinski definition) is 8. The number of aromatic hydroxyl groups is 2. The maximum Gasteiger partial charge on any atom is 0.230 e. The molecule has 34 heavy (non-hydrogen) atoms. The Hall–Kier alpha value is -3.16. The fourth-order valence-electron chi connectivity index (χ4n) is 3.80. The van der Waals surface area contributed by atoms with Crippen LogP contribution in [0.5, 0.6) is 11.5 Å². The molecule has 0 fully saturated rings. The van der Waals surface area contributed by atoms with E-state index < -0.39 is 34.2 Å². The topological polar surface area (TPSA) is 135 Å². The second-order valence-corrected chi connectivity index (χ2v) is 9.67. The van der Waals surface area contributed by atoms with Gasteiger partial charge in [0.2, 0.25) is 10.9 Å². The molecule has 8 heteroatoms. The van der Waals surface area contributed by atoms with Crippen molar-refractivity contribution in [3.05, 3.63) is 56.6 Å². The molecule has 2 N–H and O–H groups in total. The first-order valence-corrected chi connectivity index (χ1v) is 11.6. The van der Waals surface area contributed by atoms with Crippen LogP contribution in [0.2, 0.25) is 0 Å². The van der Waals surface area contributed by atoms with Crippen molar-refractivity contribution in [3.8, 4) is 11.5 Å². The van der Waals surface area contributed by atoms with Gasteiger partial charge in [-0.1, -0.05) is 34.1 Å². The molecule has 0 bridgehead atoms. The molecule has 1 atom stereocenters. The van der Waals surface area contributed by atoms with Gasteiger partial charge >= 0.3 is 0 Å². The van der Waals surface area contributed by atoms with Gasteiger partial charge in [-0.2, -0.15) is 0 Å². The van der Waals surface area contributed by atoms with Gasteiger partial charge in [0.05, 0.1) is 12.5 Å². The van der Waals surface area contributed by atoms with E-state index in [1.54, 1.807) is 6.92 Å². The highest BCUT2D eigenvalue weighted by molar-refractivity contribution is 5.86. The Balaban J connectivity index is 2.09. The maximum absolute atomic E-state index is 12.5. The van der Waals surface area contributed by atoms with E-state index in [0.29, 0.717) is 12.8 Å². The van der Waals surface area contributed by atoms with E-state index in [-0.39, 0.29) is 47.4 Å². The predicted octanol–water partition coefficient (Wildman–Crippen LogP) is 4.69. The first-order chi connectivity index (χ1) is 16.0. The van der Waals surface area contributed by atoms with E-state index in [2.05, 4.69) is 20.8 Å². The zero-order valence-corrected chi connectivity index (χ0v) is 20.3. The molecule has 0 aliphatic rings. The van der Waals surface area contributed by atoms with Gasteiger partial charge in [0, 0.05) is 42.7 Å². The second kappa shape index (κ2) is 11.8. The molecular formula is C26H34O8. The third-order valence-electron chi connectivity index (χ3n) is 6.58. The van der Waals surface area contributed by atoms with E-state index in [1.807, 2.05) is 0 Å². The van der Waals surface area contributed by atoms with Gasteiger partial charge in [-0.05, 0) is 24.2 Å². The van der Waals surface area contributed by atoms with E-state index in [0.717, 1.165) is 37.9 Å². The molecule has 0 amide bonds. The molecule has 0 aromatic carbocycles. The molecule has 8 nitrogen and oxygen atoms in total. The van der Waals surface area contributed by atoms with Crippen molar-refractivity contribution in [3.63, 3.8) is 0 Å². The Morgan fingerprint density at radius 1 is 0.853 bits per heavy atom. The molecule has 186 valence electrons. The molecule has 0 saturated heterocycles. The minimum atomic E-state index is -0.877. The van der Waals surface area contributed by atoms with Crippen molar-refractivity contribution in [1.82, 2.24) is 0 Å². The summed E-state index contributed by atoms with van der Waals surface area (Å²) in [7, 11) is 0. The third-order valence-corrected chi connectivity index (χ3v) is 6.58. The van der Waals surface area contributed by atoms with Crippen LogP contribution in [0.25, 0.3) is 0 Å². The molecule has 2 aromatic heterocycles. The lowest BCUT2D eigenvalue weighted by molar-refractivity contribution is -0.124. The van der Waals surface area contributed by atoms with Crippen LogP contribution in [-0.4, -0.2) is 21.8 Å². The Morgan fingerprint density at radius 3 is 1.79 bits per heavy atom. The summed E-state index contributed by atoms with van der Waals surface area (Å²) < 4.78 is 10.1. The highest BCUT2D eigenvalue weighted by Gasteiger charge is 2.29. The predicted molar refractivity (Wildman–Crippen MR) is 126 cm³/mol. The molecule has 0 radical (unpaired) electrons. The largest absolute Gasteiger partial charge is 0.502 e. The number of carbonyl (C=O) groups excluding carboxylic acids is 2. The Bertz CT molecular complexity index is 1050. The lowest BCUT2D eigenvalue weighted by Crippen LogP contribution is -2.25. The van der Waals surface area contributed by atoms with Crippen molar-refractivity contribution in [1.29, 1.82) is 0 Å². The number of hydrogen-bond donors (Lipinski definition) is 2. The Kier molecular flexibility index (Phi) is 9.41. The van der Waals surface area contributed by atoms with Crippen LogP contribution < -0.4 is 10.9 Å². The molecule has 2 heterocycles. The summed E-state index contributed by atoms with van der Waals surface area (Å²) in [6, 6.07) is 0. The minimum absolute atomic E-state index is 0.0200. The summed E-state index contributed by atoms with van der Waals surface area (Å²) in [6.45, 7) is 8.07. The lowest BCUT2D eigenvalue weighted by atomic mass is 9.80. The van der Waals surface area contributed by atoms with Gasteiger partial charge in [-0.3, -0.25) is 19.2 Å². The van der Waals surface area contributed by atoms with Gasteiger partial charge in [-0.25, -0.2) is 0 Å². The van der Waals surface area contributed by atoms with Gasteiger partial charge in [0.1, 0.15) is 24.1 Å². The Labute approximate surface area is 198 Å². The summed E-state index contributed by atoms with van der Waals surface area (Å²) in [5.41, 5.74) is -1.28. The second-order valence-electron chi connectivity index (χ2n) is 9.67. The molecule has 2 rings (SSSR count). The SMILES string of the molecule is CCC(C)(C)CCC(=O)CCC(=O)CCC(C)C(c1cocc(O)c1=O)c1cocc(O)c1=O. The Morgan fingerprint density at radius 2 is 1.32 bits per heavy atom. The standard InChI is InChI=1S/C26H34O8/c1-5-26(3,4)11-10-18(28)9-8-17(27)7-6-16(2)23(19-12-33-14-21(29)24(19)31)20-13-34-15-22(30)25(20)32/h12-16,23,29-30H,5-11H2,1-4H3. The van der Waals surface area contributed by atoms with Crippen molar-refractivity contribution in [2.24, 2.45) is 11.3 Å². The van der Waals surface area contributed by atoms with Crippen LogP contribution in [0.15, 0.2) is 43.5 Å². The molecule has 0 aliphatic carbocycles. The van der Waals surface area contributed by atoms with E-state index in [4.69, 9.17) is 8.83 Å². The molecule has 2 aromatic rings. The van der Waals surface area contributed by atoms with Crippen LogP contribution in [-0.2, 0) is 9.59 Å². The first kappa shape index (κ1) is 27.1. The molecule has 0 aliphatic heterocycles. The average Bonchev–Trinajstić information content (AvgIpc) is 2.80. The fraction of sp³-hybridized carbons (Fsp3) is 0.538. The lowest BCUT2D eigenvalue weighted by Gasteiger charge is -2.23. The quantitative estimate of drug-likeness (QED) is 0.427. The highest BCUT2D eigenvalue weighted by Crippen LogP contribution is 2.33. The first-order valence-electron chi connectivity index (χ1n) is 11.6. The molecular weight excluding hydrogens is 440 g/mol. The van der Waals surface area contributed by atoms with Crippen LogP contribution in [0.4, 0.5) is 0 Å². The summed E-state index contributed by atoms with van der Waals surface area (Å²) in [4.78, 5) is 49.7. The smallest absolute Gasteiger partial charge is 0.230 e. The summed E-state index contributed by atoms with van der Waals surface area (Å²) in [5, 5.41) is 19.6. The zero-order chi connectivity index (χ0) is 25.5. The van der Waals surface area contributed by atoms with Gasteiger partial charge in [0.15, 0.2) is 11.5 Å². The number of ketones is 2. The summed E-state index contributed by atoms with van der Waals surface area (Å²) in [6.07, 6.45) is 7.09. The number of rotatable bonds is 13. The summed E-state index contributed by atoms with van der Waals surface area (Å²) >= 11 is 0. The average molecular weight is 475 g/mol. The summed E-state index contributed by atoms with van der Waals surface area (Å²) in [5.74, 6) is -2.54. The van der Waals surface area contributed by atoms with Gasteiger partial charge in [0.25, 0.3) is 0 Å². The molecule has 1 unspecified atom stereocenters. The normalized spacial score (nSPS) is 12.6. The van der Waals surface area contributed by atoms with Crippen LogP contribution in [0.3, 0.4) is 0 Å². The highest BCUT2D eigenvalue weighted by atomic mass is 16.3. The van der Waals surface area contributed by atoms with E-state index in [9.17, 15) is 29.4 Å². The van der Waals surface area contributed by atoms with Crippen LogP contribution >= 0.6 is 0 Å². The van der Waals surface area contributed by atoms with Crippen molar-refractivity contribution >= 4 is 11.6 Å². The van der Waals surface area contributed by atoms with Crippen molar-refractivity contribution in [2.75, 3.05) is 0 Å². The minimum Gasteiger partial charge on any atom is -0.502 e. The molecule has 0 spiro atoms. The van der Waals surface area contributed by atoms with E-state index in [1.165, 1.54) is 0 Å². The maximum atomic E-state index is 12.5. The monoisotopic (exact) mass is 474 g/mol.